The fraction of sp³-hybridized carbons (Fsp3) is 0.714. The first-order valence-corrected chi connectivity index (χ1v) is 5.57. The van der Waals surface area contributed by atoms with Crippen molar-refractivity contribution in [1.29, 1.82) is 0 Å². The molecule has 0 bridgehead atoms. The smallest absolute Gasteiger partial charge is 0.469 e. The van der Waals surface area contributed by atoms with Gasteiger partial charge in [0.25, 0.3) is 9.84 Å². The fourth-order valence-corrected chi connectivity index (χ4v) is 1.87. The number of esters is 2. The van der Waals surface area contributed by atoms with Gasteiger partial charge in [-0.15, -0.1) is 0 Å². The van der Waals surface area contributed by atoms with Crippen molar-refractivity contribution in [2.45, 2.75) is 17.2 Å². The lowest BCUT2D eigenvalue weighted by Crippen LogP contribution is -2.41. The molecule has 0 fully saturated rings. The summed E-state index contributed by atoms with van der Waals surface area (Å²) >= 11 is 0. The Morgan fingerprint density at radius 3 is 1.94 bits per heavy atom. The molecule has 0 saturated carbocycles. The van der Waals surface area contributed by atoms with E-state index in [4.69, 9.17) is 0 Å². The Balaban J connectivity index is 5.35. The maximum Gasteiger partial charge on any atom is 0.498 e. The molecular weight excluding hydrogens is 269 g/mol. The number of hydrogen-bond acceptors (Lipinski definition) is 6. The molecule has 0 amide bonds. The Bertz CT molecular complexity index is 398. The van der Waals surface area contributed by atoms with E-state index in [1.54, 1.807) is 0 Å². The zero-order chi connectivity index (χ0) is 13.9. The predicted molar refractivity (Wildman–Crippen MR) is 47.4 cm³/mol. The first-order chi connectivity index (χ1) is 7.57. The number of rotatable bonds is 4. The molecule has 100 valence electrons. The van der Waals surface area contributed by atoms with Gasteiger partial charge in [0.15, 0.2) is 5.25 Å². The van der Waals surface area contributed by atoms with Crippen LogP contribution in [-0.4, -0.2) is 45.3 Å². The third-order valence-corrected chi connectivity index (χ3v) is 3.49. The van der Waals surface area contributed by atoms with E-state index in [1.807, 2.05) is 0 Å². The van der Waals surface area contributed by atoms with E-state index >= 15 is 0 Å². The van der Waals surface area contributed by atoms with Crippen LogP contribution < -0.4 is 0 Å². The van der Waals surface area contributed by atoms with Crippen LogP contribution in [0.4, 0.5) is 13.2 Å². The summed E-state index contributed by atoms with van der Waals surface area (Å²) in [6.07, 6.45) is -1.26. The summed E-state index contributed by atoms with van der Waals surface area (Å²) in [7, 11) is -4.28. The molecule has 0 aromatic heterocycles. The number of carbonyl (C=O) groups excluding carboxylic acids is 2. The molecule has 0 rings (SSSR count). The summed E-state index contributed by atoms with van der Waals surface area (Å²) < 4.78 is 66.4. The summed E-state index contributed by atoms with van der Waals surface area (Å²) in [4.78, 5) is 21.7. The van der Waals surface area contributed by atoms with Crippen LogP contribution in [0.1, 0.15) is 6.42 Å². The van der Waals surface area contributed by atoms with Gasteiger partial charge in [0.1, 0.15) is 0 Å². The molecule has 0 N–H and O–H groups in total. The third kappa shape index (κ3) is 3.58. The minimum atomic E-state index is -5.83. The minimum Gasteiger partial charge on any atom is -0.469 e. The standard InChI is InChI=1S/C7H9F3O6S/c1-15-5(11)3-4(6(12)16-2)17(13,14)7(8,9)10/h4H,3H2,1-2H3. The van der Waals surface area contributed by atoms with Crippen molar-refractivity contribution in [3.63, 3.8) is 0 Å². The highest BCUT2D eigenvalue weighted by molar-refractivity contribution is 7.93. The van der Waals surface area contributed by atoms with Crippen molar-refractivity contribution >= 4 is 21.8 Å². The number of halogens is 3. The Hall–Kier alpha value is -1.32. The molecule has 0 heterocycles. The topological polar surface area (TPSA) is 86.7 Å². The SMILES string of the molecule is COC(=O)CC(C(=O)OC)S(=O)(=O)C(F)(F)F. The van der Waals surface area contributed by atoms with E-state index in [-0.39, 0.29) is 0 Å². The van der Waals surface area contributed by atoms with Crippen LogP contribution >= 0.6 is 0 Å². The Morgan fingerprint density at radius 2 is 1.65 bits per heavy atom. The van der Waals surface area contributed by atoms with Gasteiger partial charge in [-0.25, -0.2) is 8.42 Å². The van der Waals surface area contributed by atoms with Crippen LogP contribution in [0.25, 0.3) is 0 Å². The molecule has 10 heteroatoms. The van der Waals surface area contributed by atoms with E-state index in [2.05, 4.69) is 9.47 Å². The molecule has 1 atom stereocenters. The van der Waals surface area contributed by atoms with Crippen LogP contribution in [-0.2, 0) is 28.9 Å². The van der Waals surface area contributed by atoms with Crippen molar-refractivity contribution in [3.8, 4) is 0 Å². The highest BCUT2D eigenvalue weighted by Crippen LogP contribution is 2.29. The zero-order valence-electron chi connectivity index (χ0n) is 8.78. The van der Waals surface area contributed by atoms with Gasteiger partial charge in [-0.05, 0) is 0 Å². The Morgan fingerprint density at radius 1 is 1.18 bits per heavy atom. The third-order valence-electron chi connectivity index (χ3n) is 1.74. The number of alkyl halides is 3. The molecule has 0 aromatic rings. The van der Waals surface area contributed by atoms with Crippen molar-refractivity contribution in [2.75, 3.05) is 14.2 Å². The first kappa shape index (κ1) is 15.7. The van der Waals surface area contributed by atoms with Crippen molar-refractivity contribution in [3.05, 3.63) is 0 Å². The molecule has 0 aliphatic heterocycles. The second kappa shape index (κ2) is 5.34. The van der Waals surface area contributed by atoms with Crippen molar-refractivity contribution < 1.29 is 40.7 Å². The number of methoxy groups -OCH3 is 2. The Kier molecular flexibility index (Phi) is 4.93. The fourth-order valence-electron chi connectivity index (χ4n) is 0.847. The van der Waals surface area contributed by atoms with Crippen molar-refractivity contribution in [1.82, 2.24) is 0 Å². The molecule has 0 spiro atoms. The van der Waals surface area contributed by atoms with Crippen molar-refractivity contribution in [2.24, 2.45) is 0 Å². The van der Waals surface area contributed by atoms with E-state index in [0.29, 0.717) is 7.11 Å². The normalized spacial score (nSPS) is 13.9. The van der Waals surface area contributed by atoms with Gasteiger partial charge in [-0.2, -0.15) is 13.2 Å². The van der Waals surface area contributed by atoms with E-state index in [0.717, 1.165) is 7.11 Å². The molecule has 6 nitrogen and oxygen atoms in total. The highest BCUT2D eigenvalue weighted by Gasteiger charge is 2.54. The Labute approximate surface area is 94.6 Å². The minimum absolute atomic E-state index is 0.707. The second-order valence-electron chi connectivity index (χ2n) is 2.78. The lowest BCUT2D eigenvalue weighted by Gasteiger charge is -2.16. The molecule has 0 aliphatic rings. The first-order valence-electron chi connectivity index (χ1n) is 4.02. The number of ether oxygens (including phenoxy) is 2. The lowest BCUT2D eigenvalue weighted by molar-refractivity contribution is -0.147. The van der Waals surface area contributed by atoms with Gasteiger partial charge in [0.05, 0.1) is 20.6 Å². The summed E-state index contributed by atoms with van der Waals surface area (Å²) in [6, 6.07) is 0. The summed E-state index contributed by atoms with van der Waals surface area (Å²) in [5.41, 5.74) is -5.65. The quantitative estimate of drug-likeness (QED) is 0.674. The number of hydrogen-bond donors (Lipinski definition) is 0. The predicted octanol–water partition coefficient (Wildman–Crippen LogP) is 0.0257. The van der Waals surface area contributed by atoms with Gasteiger partial charge in [0.2, 0.25) is 0 Å². The molecule has 0 aliphatic carbocycles. The van der Waals surface area contributed by atoms with Crippen LogP contribution in [0.2, 0.25) is 0 Å². The monoisotopic (exact) mass is 278 g/mol. The average molecular weight is 278 g/mol. The van der Waals surface area contributed by atoms with Gasteiger partial charge in [-0.1, -0.05) is 0 Å². The highest BCUT2D eigenvalue weighted by atomic mass is 32.2. The molecule has 1 unspecified atom stereocenters. The van der Waals surface area contributed by atoms with Crippen LogP contribution in [0.3, 0.4) is 0 Å². The lowest BCUT2D eigenvalue weighted by atomic mass is 10.3. The van der Waals surface area contributed by atoms with E-state index < -0.39 is 39.0 Å². The molecule has 0 radical (unpaired) electrons. The van der Waals surface area contributed by atoms with Crippen LogP contribution in [0, 0.1) is 0 Å². The zero-order valence-corrected chi connectivity index (χ0v) is 9.59. The largest absolute Gasteiger partial charge is 0.498 e. The number of carbonyl (C=O) groups is 2. The molecule has 0 aromatic carbocycles. The molecule has 17 heavy (non-hydrogen) atoms. The molecule has 0 saturated heterocycles. The van der Waals surface area contributed by atoms with Gasteiger partial charge >= 0.3 is 17.4 Å². The van der Waals surface area contributed by atoms with Crippen LogP contribution in [0.5, 0.6) is 0 Å². The van der Waals surface area contributed by atoms with Gasteiger partial charge in [-0.3, -0.25) is 9.59 Å². The maximum absolute atomic E-state index is 12.2. The second-order valence-corrected chi connectivity index (χ2v) is 4.90. The average Bonchev–Trinajstić information content (AvgIpc) is 2.22. The van der Waals surface area contributed by atoms with E-state index in [9.17, 15) is 31.2 Å². The van der Waals surface area contributed by atoms with E-state index in [1.165, 1.54) is 0 Å². The summed E-state index contributed by atoms with van der Waals surface area (Å²) in [5.74, 6) is -2.94. The van der Waals surface area contributed by atoms with Gasteiger partial charge < -0.3 is 9.47 Å². The number of sulfone groups is 1. The summed E-state index contributed by atoms with van der Waals surface area (Å²) in [5, 5.41) is -2.65. The van der Waals surface area contributed by atoms with Gasteiger partial charge in [0, 0.05) is 0 Å². The maximum atomic E-state index is 12.2. The van der Waals surface area contributed by atoms with Crippen LogP contribution in [0.15, 0.2) is 0 Å². The summed E-state index contributed by atoms with van der Waals surface area (Å²) in [6.45, 7) is 0. The molecular formula is C7H9F3O6S.